The van der Waals surface area contributed by atoms with Gasteiger partial charge in [0.15, 0.2) is 0 Å². The fourth-order valence-corrected chi connectivity index (χ4v) is 2.67. The van der Waals surface area contributed by atoms with Crippen LogP contribution >= 0.6 is 15.9 Å². The standard InChI is InChI=1S/C16H11BrN2O4/c1-23-16(20)15(10-3-2-4-13(17)8-10)11-5-6-14(19(21)22)12(7-11)9-18/h2-8,15H,1H3. The summed E-state index contributed by atoms with van der Waals surface area (Å²) in [6.07, 6.45) is 0. The minimum Gasteiger partial charge on any atom is -0.468 e. The van der Waals surface area contributed by atoms with Gasteiger partial charge < -0.3 is 4.74 Å². The molecule has 0 aromatic heterocycles. The topological polar surface area (TPSA) is 93.2 Å². The summed E-state index contributed by atoms with van der Waals surface area (Å²) < 4.78 is 5.62. The zero-order chi connectivity index (χ0) is 17.0. The number of hydrogen-bond donors (Lipinski definition) is 0. The number of nitro benzene ring substituents is 1. The molecule has 0 aliphatic heterocycles. The molecule has 0 saturated carbocycles. The van der Waals surface area contributed by atoms with Crippen molar-refractivity contribution in [1.82, 2.24) is 0 Å². The quantitative estimate of drug-likeness (QED) is 0.463. The van der Waals surface area contributed by atoms with Gasteiger partial charge in [-0.3, -0.25) is 14.9 Å². The number of carbonyl (C=O) groups is 1. The van der Waals surface area contributed by atoms with Crippen LogP contribution in [0.4, 0.5) is 5.69 Å². The van der Waals surface area contributed by atoms with Gasteiger partial charge in [-0.15, -0.1) is 0 Å². The number of nitrogens with zero attached hydrogens (tertiary/aromatic N) is 2. The minimum absolute atomic E-state index is 0.101. The van der Waals surface area contributed by atoms with Gasteiger partial charge in [-0.25, -0.2) is 0 Å². The maximum atomic E-state index is 12.2. The first-order valence-electron chi connectivity index (χ1n) is 6.49. The third-order valence-corrected chi connectivity index (χ3v) is 3.78. The van der Waals surface area contributed by atoms with Crippen molar-refractivity contribution in [2.45, 2.75) is 5.92 Å². The van der Waals surface area contributed by atoms with Crippen molar-refractivity contribution in [2.24, 2.45) is 0 Å². The van der Waals surface area contributed by atoms with Crippen LogP contribution in [0.5, 0.6) is 0 Å². The van der Waals surface area contributed by atoms with E-state index >= 15 is 0 Å². The molecule has 0 saturated heterocycles. The van der Waals surface area contributed by atoms with E-state index < -0.39 is 16.8 Å². The van der Waals surface area contributed by atoms with E-state index in [1.54, 1.807) is 24.3 Å². The van der Waals surface area contributed by atoms with Crippen molar-refractivity contribution in [3.8, 4) is 6.07 Å². The predicted molar refractivity (Wildman–Crippen MR) is 85.8 cm³/mol. The third-order valence-electron chi connectivity index (χ3n) is 3.29. The fourth-order valence-electron chi connectivity index (χ4n) is 2.25. The van der Waals surface area contributed by atoms with Gasteiger partial charge in [-0.1, -0.05) is 34.1 Å². The fraction of sp³-hybridized carbons (Fsp3) is 0.125. The van der Waals surface area contributed by atoms with Gasteiger partial charge in [0.05, 0.1) is 12.0 Å². The van der Waals surface area contributed by atoms with E-state index in [0.717, 1.165) is 4.47 Å². The van der Waals surface area contributed by atoms with Crippen molar-refractivity contribution in [1.29, 1.82) is 5.26 Å². The van der Waals surface area contributed by atoms with Gasteiger partial charge in [0.2, 0.25) is 0 Å². The average Bonchev–Trinajstić information content (AvgIpc) is 2.54. The Kier molecular flexibility index (Phi) is 5.09. The van der Waals surface area contributed by atoms with Crippen molar-refractivity contribution in [3.05, 3.63) is 73.7 Å². The molecule has 6 nitrogen and oxygen atoms in total. The van der Waals surface area contributed by atoms with Crippen LogP contribution in [-0.2, 0) is 9.53 Å². The second kappa shape index (κ2) is 7.03. The highest BCUT2D eigenvalue weighted by Crippen LogP contribution is 2.31. The molecule has 1 unspecified atom stereocenters. The minimum atomic E-state index is -0.773. The number of methoxy groups -OCH3 is 1. The van der Waals surface area contributed by atoms with Crippen molar-refractivity contribution < 1.29 is 14.5 Å². The van der Waals surface area contributed by atoms with Crippen molar-refractivity contribution >= 4 is 27.6 Å². The maximum Gasteiger partial charge on any atom is 0.317 e. The summed E-state index contributed by atoms with van der Waals surface area (Å²) in [5, 5.41) is 20.0. The van der Waals surface area contributed by atoms with Crippen LogP contribution in [0.25, 0.3) is 0 Å². The number of ether oxygens (including phenoxy) is 1. The molecule has 0 radical (unpaired) electrons. The monoisotopic (exact) mass is 374 g/mol. The molecule has 2 aromatic rings. The Morgan fingerprint density at radius 2 is 2.00 bits per heavy atom. The zero-order valence-corrected chi connectivity index (χ0v) is 13.6. The SMILES string of the molecule is COC(=O)C(c1cccc(Br)c1)c1ccc([N+](=O)[O-])c(C#N)c1. The molecular formula is C16H11BrN2O4. The first-order valence-corrected chi connectivity index (χ1v) is 7.29. The molecule has 0 fully saturated rings. The number of carbonyl (C=O) groups excluding carboxylic acids is 1. The third kappa shape index (κ3) is 3.55. The van der Waals surface area contributed by atoms with Crippen LogP contribution in [-0.4, -0.2) is 18.0 Å². The lowest BCUT2D eigenvalue weighted by Gasteiger charge is -2.16. The van der Waals surface area contributed by atoms with Gasteiger partial charge in [0.25, 0.3) is 5.69 Å². The van der Waals surface area contributed by atoms with Crippen molar-refractivity contribution in [2.75, 3.05) is 7.11 Å². The number of halogens is 1. The Morgan fingerprint density at radius 1 is 1.30 bits per heavy atom. The van der Waals surface area contributed by atoms with E-state index in [-0.39, 0.29) is 11.3 Å². The second-order valence-corrected chi connectivity index (χ2v) is 5.57. The molecule has 2 aromatic carbocycles. The smallest absolute Gasteiger partial charge is 0.317 e. The highest BCUT2D eigenvalue weighted by atomic mass is 79.9. The van der Waals surface area contributed by atoms with Gasteiger partial charge in [0, 0.05) is 10.5 Å². The van der Waals surface area contributed by atoms with E-state index in [1.807, 2.05) is 6.07 Å². The summed E-state index contributed by atoms with van der Waals surface area (Å²) in [4.78, 5) is 22.5. The Hall–Kier alpha value is -2.72. The largest absolute Gasteiger partial charge is 0.468 e. The average molecular weight is 375 g/mol. The second-order valence-electron chi connectivity index (χ2n) is 4.66. The predicted octanol–water partition coefficient (Wildman–Crippen LogP) is 3.53. The molecule has 7 heteroatoms. The van der Waals surface area contributed by atoms with E-state index in [9.17, 15) is 14.9 Å². The number of benzene rings is 2. The zero-order valence-electron chi connectivity index (χ0n) is 12.0. The lowest BCUT2D eigenvalue weighted by atomic mass is 9.90. The molecule has 2 rings (SSSR count). The molecule has 0 aliphatic carbocycles. The molecule has 0 spiro atoms. The van der Waals surface area contributed by atoms with E-state index in [1.165, 1.54) is 25.3 Å². The Labute approximate surface area is 140 Å². The van der Waals surface area contributed by atoms with E-state index in [2.05, 4.69) is 15.9 Å². The molecule has 0 amide bonds. The lowest BCUT2D eigenvalue weighted by molar-refractivity contribution is -0.385. The van der Waals surface area contributed by atoms with Crippen LogP contribution in [0.2, 0.25) is 0 Å². The lowest BCUT2D eigenvalue weighted by Crippen LogP contribution is -2.16. The maximum absolute atomic E-state index is 12.2. The van der Waals surface area contributed by atoms with Gasteiger partial charge >= 0.3 is 5.97 Å². The molecule has 0 N–H and O–H groups in total. The van der Waals surface area contributed by atoms with Crippen LogP contribution in [0.1, 0.15) is 22.6 Å². The molecule has 0 heterocycles. The molecule has 23 heavy (non-hydrogen) atoms. The number of nitro groups is 1. The van der Waals surface area contributed by atoms with Crippen LogP contribution in [0.3, 0.4) is 0 Å². The summed E-state index contributed by atoms with van der Waals surface area (Å²) >= 11 is 3.34. The van der Waals surface area contributed by atoms with Gasteiger partial charge in [0.1, 0.15) is 17.6 Å². The van der Waals surface area contributed by atoms with E-state index in [4.69, 9.17) is 10.00 Å². The number of esters is 1. The molecular weight excluding hydrogens is 364 g/mol. The number of rotatable bonds is 4. The van der Waals surface area contributed by atoms with Gasteiger partial charge in [-0.2, -0.15) is 5.26 Å². The first-order chi connectivity index (χ1) is 11.0. The number of nitriles is 1. The highest BCUT2D eigenvalue weighted by molar-refractivity contribution is 9.10. The summed E-state index contributed by atoms with van der Waals surface area (Å²) in [6, 6.07) is 12.9. The highest BCUT2D eigenvalue weighted by Gasteiger charge is 2.26. The first kappa shape index (κ1) is 16.6. The van der Waals surface area contributed by atoms with Crippen LogP contribution in [0, 0.1) is 21.4 Å². The summed E-state index contributed by atoms with van der Waals surface area (Å²) in [6.45, 7) is 0. The molecule has 0 aliphatic rings. The summed E-state index contributed by atoms with van der Waals surface area (Å²) in [5.41, 5.74) is 0.714. The van der Waals surface area contributed by atoms with Crippen LogP contribution < -0.4 is 0 Å². The van der Waals surface area contributed by atoms with Crippen molar-refractivity contribution in [3.63, 3.8) is 0 Å². The van der Waals surface area contributed by atoms with E-state index in [0.29, 0.717) is 11.1 Å². The van der Waals surface area contributed by atoms with Gasteiger partial charge in [-0.05, 0) is 29.3 Å². The Morgan fingerprint density at radius 3 is 2.57 bits per heavy atom. The Balaban J connectivity index is 2.59. The summed E-state index contributed by atoms with van der Waals surface area (Å²) in [5.74, 6) is -1.29. The summed E-state index contributed by atoms with van der Waals surface area (Å²) in [7, 11) is 1.27. The molecule has 116 valence electrons. The van der Waals surface area contributed by atoms with Crippen LogP contribution in [0.15, 0.2) is 46.9 Å². The molecule has 1 atom stereocenters. The number of hydrogen-bond acceptors (Lipinski definition) is 5. The Bertz CT molecular complexity index is 814. The molecule has 0 bridgehead atoms. The normalized spacial score (nSPS) is 11.3.